The van der Waals surface area contributed by atoms with Crippen molar-refractivity contribution in [1.82, 2.24) is 9.21 Å². The Labute approximate surface area is 171 Å². The Hall–Kier alpha value is -2.29. The molecule has 2 aliphatic heterocycles. The molecule has 8 heteroatoms. The van der Waals surface area contributed by atoms with Crippen LogP contribution in [0.1, 0.15) is 11.1 Å². The van der Waals surface area contributed by atoms with Crippen LogP contribution in [-0.2, 0) is 16.6 Å². The van der Waals surface area contributed by atoms with Crippen LogP contribution in [0.15, 0.2) is 41.3 Å². The van der Waals surface area contributed by atoms with Crippen molar-refractivity contribution >= 4 is 10.0 Å². The van der Waals surface area contributed by atoms with Crippen molar-refractivity contribution in [2.75, 3.05) is 46.5 Å². The van der Waals surface area contributed by atoms with Gasteiger partial charge in [-0.3, -0.25) is 4.90 Å². The van der Waals surface area contributed by atoms with Crippen LogP contribution in [0.3, 0.4) is 0 Å². The number of rotatable bonds is 5. The lowest BCUT2D eigenvalue weighted by molar-refractivity contribution is 0.170. The summed E-state index contributed by atoms with van der Waals surface area (Å²) >= 11 is 0. The van der Waals surface area contributed by atoms with Crippen molar-refractivity contribution in [3.63, 3.8) is 0 Å². The van der Waals surface area contributed by atoms with Gasteiger partial charge >= 0.3 is 0 Å². The number of hydrogen-bond acceptors (Lipinski definition) is 6. The largest absolute Gasteiger partial charge is 0.496 e. The van der Waals surface area contributed by atoms with E-state index in [9.17, 15) is 8.42 Å². The third kappa shape index (κ3) is 4.19. The van der Waals surface area contributed by atoms with Crippen molar-refractivity contribution in [2.24, 2.45) is 0 Å². The van der Waals surface area contributed by atoms with Gasteiger partial charge in [0, 0.05) is 44.4 Å². The maximum atomic E-state index is 13.1. The molecule has 0 unspecified atom stereocenters. The van der Waals surface area contributed by atoms with Gasteiger partial charge < -0.3 is 14.2 Å². The van der Waals surface area contributed by atoms with Gasteiger partial charge in [0.2, 0.25) is 10.0 Å². The lowest BCUT2D eigenvalue weighted by Gasteiger charge is -2.34. The molecule has 1 fully saturated rings. The third-order valence-corrected chi connectivity index (χ3v) is 7.21. The quantitative estimate of drug-likeness (QED) is 0.742. The molecule has 0 saturated carbocycles. The van der Waals surface area contributed by atoms with E-state index in [1.165, 1.54) is 5.56 Å². The van der Waals surface area contributed by atoms with Crippen LogP contribution >= 0.6 is 0 Å². The molecule has 0 bridgehead atoms. The van der Waals surface area contributed by atoms with Gasteiger partial charge in [-0.25, -0.2) is 8.42 Å². The molecule has 0 aromatic heterocycles. The van der Waals surface area contributed by atoms with E-state index in [2.05, 4.69) is 17.9 Å². The molecule has 156 valence electrons. The van der Waals surface area contributed by atoms with Gasteiger partial charge in [-0.2, -0.15) is 4.31 Å². The Morgan fingerprint density at radius 2 is 1.69 bits per heavy atom. The smallest absolute Gasteiger partial charge is 0.243 e. The molecule has 0 aliphatic carbocycles. The fourth-order valence-corrected chi connectivity index (χ4v) is 5.17. The first-order valence-corrected chi connectivity index (χ1v) is 11.2. The van der Waals surface area contributed by atoms with E-state index in [0.29, 0.717) is 50.9 Å². The number of aryl methyl sites for hydroxylation is 1. The molecule has 2 aromatic rings. The predicted molar refractivity (Wildman–Crippen MR) is 109 cm³/mol. The minimum atomic E-state index is -3.56. The highest BCUT2D eigenvalue weighted by atomic mass is 32.2. The Morgan fingerprint density at radius 1 is 0.966 bits per heavy atom. The molecule has 0 spiro atoms. The summed E-state index contributed by atoms with van der Waals surface area (Å²) in [5.41, 5.74) is 2.30. The minimum Gasteiger partial charge on any atom is -0.496 e. The lowest BCUT2D eigenvalue weighted by Crippen LogP contribution is -2.48. The highest BCUT2D eigenvalue weighted by Gasteiger charge is 2.30. The Balaban J connectivity index is 1.43. The van der Waals surface area contributed by atoms with E-state index >= 15 is 0 Å². The fourth-order valence-electron chi connectivity index (χ4n) is 3.73. The maximum Gasteiger partial charge on any atom is 0.243 e. The van der Waals surface area contributed by atoms with Gasteiger partial charge in [-0.15, -0.1) is 0 Å². The highest BCUT2D eigenvalue weighted by molar-refractivity contribution is 7.89. The van der Waals surface area contributed by atoms with Crippen molar-refractivity contribution < 1.29 is 22.6 Å². The van der Waals surface area contributed by atoms with Gasteiger partial charge in [-0.05, 0) is 25.1 Å². The second kappa shape index (κ2) is 8.22. The molecule has 2 aromatic carbocycles. The predicted octanol–water partition coefficient (Wildman–Crippen LogP) is 2.28. The summed E-state index contributed by atoms with van der Waals surface area (Å²) in [5, 5.41) is 0. The summed E-state index contributed by atoms with van der Waals surface area (Å²) in [6.07, 6.45) is 0. The number of methoxy groups -OCH3 is 1. The van der Waals surface area contributed by atoms with Gasteiger partial charge in [-0.1, -0.05) is 17.7 Å². The van der Waals surface area contributed by atoms with Crippen LogP contribution in [0, 0.1) is 6.92 Å². The number of fused-ring (bicyclic) bond motifs is 1. The molecule has 0 radical (unpaired) electrons. The zero-order valence-corrected chi connectivity index (χ0v) is 17.6. The first kappa shape index (κ1) is 20.0. The number of sulfonamides is 1. The normalized spacial score (nSPS) is 17.9. The third-order valence-electron chi connectivity index (χ3n) is 5.31. The number of ether oxygens (including phenoxy) is 3. The number of benzene rings is 2. The van der Waals surface area contributed by atoms with Crippen LogP contribution in [0.25, 0.3) is 0 Å². The minimum absolute atomic E-state index is 0.246. The van der Waals surface area contributed by atoms with Crippen molar-refractivity contribution in [2.45, 2.75) is 18.4 Å². The first-order chi connectivity index (χ1) is 14.0. The molecule has 2 aliphatic rings. The van der Waals surface area contributed by atoms with Crippen molar-refractivity contribution in [3.05, 3.63) is 47.5 Å². The van der Waals surface area contributed by atoms with Crippen molar-refractivity contribution in [3.8, 4) is 17.2 Å². The maximum absolute atomic E-state index is 13.1. The van der Waals surface area contributed by atoms with Gasteiger partial charge in [0.25, 0.3) is 0 Å². The standard InChI is InChI=1S/C21H26N2O5S/c1-16-3-5-19(26-2)17(13-16)15-22-7-9-23(10-8-22)29(24,25)18-4-6-20-21(14-18)28-12-11-27-20/h3-6,13-14H,7-12,15H2,1-2H3. The monoisotopic (exact) mass is 418 g/mol. The molecule has 1 saturated heterocycles. The molecule has 0 atom stereocenters. The van der Waals surface area contributed by atoms with Crippen molar-refractivity contribution in [1.29, 1.82) is 0 Å². The average molecular weight is 419 g/mol. The van der Waals surface area contributed by atoms with E-state index in [0.717, 1.165) is 17.9 Å². The average Bonchev–Trinajstić information content (AvgIpc) is 2.74. The summed E-state index contributed by atoms with van der Waals surface area (Å²) in [7, 11) is -1.89. The van der Waals surface area contributed by atoms with Crippen LogP contribution in [0.2, 0.25) is 0 Å². The molecular formula is C21H26N2O5S. The second-order valence-electron chi connectivity index (χ2n) is 7.30. The summed E-state index contributed by atoms with van der Waals surface area (Å²) in [6, 6.07) is 11.0. The molecule has 29 heavy (non-hydrogen) atoms. The van der Waals surface area contributed by atoms with Crippen LogP contribution in [-0.4, -0.2) is 64.1 Å². The van der Waals surface area contributed by atoms with E-state index < -0.39 is 10.0 Å². The number of hydrogen-bond donors (Lipinski definition) is 0. The van der Waals surface area contributed by atoms with E-state index in [-0.39, 0.29) is 4.90 Å². The van der Waals surface area contributed by atoms with Gasteiger partial charge in [0.1, 0.15) is 19.0 Å². The number of nitrogens with zero attached hydrogens (tertiary/aromatic N) is 2. The Bertz CT molecular complexity index is 985. The van der Waals surface area contributed by atoms with Gasteiger partial charge in [0.15, 0.2) is 11.5 Å². The first-order valence-electron chi connectivity index (χ1n) is 9.73. The molecule has 7 nitrogen and oxygen atoms in total. The van der Waals surface area contributed by atoms with Crippen LogP contribution < -0.4 is 14.2 Å². The topological polar surface area (TPSA) is 68.3 Å². The van der Waals surface area contributed by atoms with E-state index in [4.69, 9.17) is 14.2 Å². The highest BCUT2D eigenvalue weighted by Crippen LogP contribution is 2.33. The number of piperazine rings is 1. The molecule has 0 amide bonds. The van der Waals surface area contributed by atoms with Crippen LogP contribution in [0.4, 0.5) is 0 Å². The molecule has 4 rings (SSSR count). The van der Waals surface area contributed by atoms with Crippen LogP contribution in [0.5, 0.6) is 17.2 Å². The molecule has 2 heterocycles. The summed E-state index contributed by atoms with van der Waals surface area (Å²) in [4.78, 5) is 2.50. The summed E-state index contributed by atoms with van der Waals surface area (Å²) in [6.45, 7) is 5.94. The van der Waals surface area contributed by atoms with E-state index in [1.807, 2.05) is 12.1 Å². The van der Waals surface area contributed by atoms with Gasteiger partial charge in [0.05, 0.1) is 12.0 Å². The zero-order valence-electron chi connectivity index (χ0n) is 16.8. The summed E-state index contributed by atoms with van der Waals surface area (Å²) < 4.78 is 44.2. The molecular weight excluding hydrogens is 392 g/mol. The Kier molecular flexibility index (Phi) is 5.67. The molecule has 0 N–H and O–H groups in total. The lowest BCUT2D eigenvalue weighted by atomic mass is 10.1. The second-order valence-corrected chi connectivity index (χ2v) is 9.24. The fraction of sp³-hybridized carbons (Fsp3) is 0.429. The SMILES string of the molecule is COc1ccc(C)cc1CN1CCN(S(=O)(=O)c2ccc3c(c2)OCCO3)CC1. The summed E-state index contributed by atoms with van der Waals surface area (Å²) in [5.74, 6) is 1.94. The zero-order chi connectivity index (χ0) is 20.4. The van der Waals surface area contributed by atoms with E-state index in [1.54, 1.807) is 29.6 Å². The Morgan fingerprint density at radius 3 is 2.41 bits per heavy atom.